The smallest absolute Gasteiger partial charge is 0.358 e. The largest absolute Gasteiger partial charge is 0.495 e. The molecule has 0 amide bonds. The molecule has 0 saturated carbocycles. The molecule has 112 valence electrons. The number of hydrogen-bond donors (Lipinski definition) is 1. The predicted molar refractivity (Wildman–Crippen MR) is 83.8 cm³/mol. The third kappa shape index (κ3) is 3.52. The number of carbonyl (C=O) groups is 1. The predicted octanol–water partition coefficient (Wildman–Crippen LogP) is 3.69. The van der Waals surface area contributed by atoms with Crippen molar-refractivity contribution >= 4 is 28.1 Å². The van der Waals surface area contributed by atoms with E-state index in [4.69, 9.17) is 9.47 Å². The summed E-state index contributed by atoms with van der Waals surface area (Å²) >= 11 is 1.41. The highest BCUT2D eigenvalue weighted by Gasteiger charge is 2.17. The van der Waals surface area contributed by atoms with E-state index < -0.39 is 5.97 Å². The molecule has 0 aliphatic heterocycles. The average molecular weight is 306 g/mol. The molecular weight excluding hydrogens is 288 g/mol. The molecule has 0 aliphatic carbocycles. The molecule has 1 N–H and O–H groups in total. The van der Waals surface area contributed by atoms with Crippen molar-refractivity contribution in [3.05, 3.63) is 34.3 Å². The summed E-state index contributed by atoms with van der Waals surface area (Å²) < 4.78 is 10.3. The molecule has 0 atom stereocenters. The van der Waals surface area contributed by atoms with Crippen molar-refractivity contribution in [1.29, 1.82) is 0 Å². The van der Waals surface area contributed by atoms with E-state index >= 15 is 0 Å². The number of methoxy groups -OCH3 is 1. The van der Waals surface area contributed by atoms with Gasteiger partial charge in [-0.05, 0) is 38.5 Å². The van der Waals surface area contributed by atoms with Crippen LogP contribution in [0.3, 0.4) is 0 Å². The first-order chi connectivity index (χ1) is 10.0. The zero-order valence-corrected chi connectivity index (χ0v) is 13.3. The highest BCUT2D eigenvalue weighted by Crippen LogP contribution is 2.31. The fourth-order valence-electron chi connectivity index (χ4n) is 1.87. The monoisotopic (exact) mass is 306 g/mol. The van der Waals surface area contributed by atoms with Gasteiger partial charge in [-0.25, -0.2) is 9.78 Å². The summed E-state index contributed by atoms with van der Waals surface area (Å²) in [6.45, 7) is 5.96. The Morgan fingerprint density at radius 2 is 2.14 bits per heavy atom. The van der Waals surface area contributed by atoms with Gasteiger partial charge in [0.15, 0.2) is 10.8 Å². The van der Waals surface area contributed by atoms with Gasteiger partial charge in [-0.15, -0.1) is 11.3 Å². The van der Waals surface area contributed by atoms with Gasteiger partial charge in [-0.2, -0.15) is 0 Å². The number of nitrogens with one attached hydrogen (secondary N) is 1. The second kappa shape index (κ2) is 6.58. The number of rotatable bonds is 5. The van der Waals surface area contributed by atoms with E-state index in [1.165, 1.54) is 11.3 Å². The van der Waals surface area contributed by atoms with Gasteiger partial charge >= 0.3 is 5.97 Å². The van der Waals surface area contributed by atoms with E-state index in [0.717, 1.165) is 21.9 Å². The minimum Gasteiger partial charge on any atom is -0.495 e. The summed E-state index contributed by atoms with van der Waals surface area (Å²) in [6.07, 6.45) is 0. The van der Waals surface area contributed by atoms with E-state index in [1.54, 1.807) is 14.0 Å². The SMILES string of the molecule is CCOC(=O)c1nc(Nc2cc(C)ccc2OC)sc1C. The van der Waals surface area contributed by atoms with Crippen molar-refractivity contribution < 1.29 is 14.3 Å². The van der Waals surface area contributed by atoms with Crippen LogP contribution in [0.2, 0.25) is 0 Å². The van der Waals surface area contributed by atoms with Crippen molar-refractivity contribution in [2.75, 3.05) is 19.0 Å². The minimum atomic E-state index is -0.393. The Kier molecular flexibility index (Phi) is 4.80. The quantitative estimate of drug-likeness (QED) is 0.854. The van der Waals surface area contributed by atoms with E-state index in [1.807, 2.05) is 32.0 Å². The number of aromatic nitrogens is 1. The second-order valence-corrected chi connectivity index (χ2v) is 5.68. The van der Waals surface area contributed by atoms with Gasteiger partial charge in [-0.3, -0.25) is 0 Å². The summed E-state index contributed by atoms with van der Waals surface area (Å²) in [7, 11) is 1.62. The molecule has 0 unspecified atom stereocenters. The van der Waals surface area contributed by atoms with Gasteiger partial charge in [0.1, 0.15) is 5.75 Å². The number of nitrogens with zero attached hydrogens (tertiary/aromatic N) is 1. The molecule has 1 aromatic carbocycles. The normalized spacial score (nSPS) is 10.3. The van der Waals surface area contributed by atoms with E-state index in [0.29, 0.717) is 17.4 Å². The van der Waals surface area contributed by atoms with Crippen molar-refractivity contribution in [3.8, 4) is 5.75 Å². The summed E-state index contributed by atoms with van der Waals surface area (Å²) in [5, 5.41) is 3.84. The second-order valence-electron chi connectivity index (χ2n) is 4.47. The lowest BCUT2D eigenvalue weighted by atomic mass is 10.2. The van der Waals surface area contributed by atoms with Gasteiger partial charge in [-0.1, -0.05) is 6.07 Å². The van der Waals surface area contributed by atoms with Crippen LogP contribution in [-0.4, -0.2) is 24.7 Å². The highest BCUT2D eigenvalue weighted by atomic mass is 32.1. The van der Waals surface area contributed by atoms with E-state index in [9.17, 15) is 4.79 Å². The number of aryl methyl sites for hydroxylation is 2. The van der Waals surface area contributed by atoms with Crippen LogP contribution in [0.4, 0.5) is 10.8 Å². The fourth-order valence-corrected chi connectivity index (χ4v) is 2.69. The number of anilines is 2. The molecule has 6 heteroatoms. The van der Waals surface area contributed by atoms with Crippen molar-refractivity contribution in [2.24, 2.45) is 0 Å². The van der Waals surface area contributed by atoms with Crippen LogP contribution in [0.15, 0.2) is 18.2 Å². The van der Waals surface area contributed by atoms with Gasteiger partial charge in [0.25, 0.3) is 0 Å². The molecule has 2 rings (SSSR count). The van der Waals surface area contributed by atoms with Crippen molar-refractivity contribution in [1.82, 2.24) is 4.98 Å². The molecule has 0 saturated heterocycles. The van der Waals surface area contributed by atoms with Gasteiger partial charge in [0, 0.05) is 4.88 Å². The number of hydrogen-bond acceptors (Lipinski definition) is 6. The lowest BCUT2D eigenvalue weighted by Crippen LogP contribution is -2.06. The number of esters is 1. The van der Waals surface area contributed by atoms with Crippen molar-refractivity contribution in [2.45, 2.75) is 20.8 Å². The number of thiazole rings is 1. The summed E-state index contributed by atoms with van der Waals surface area (Å²) in [5.41, 5.74) is 2.29. The molecule has 0 aliphatic rings. The maximum atomic E-state index is 11.8. The highest BCUT2D eigenvalue weighted by molar-refractivity contribution is 7.15. The number of benzene rings is 1. The molecule has 0 radical (unpaired) electrons. The number of carbonyl (C=O) groups excluding carboxylic acids is 1. The summed E-state index contributed by atoms with van der Waals surface area (Å²) in [6, 6.07) is 5.84. The topological polar surface area (TPSA) is 60.5 Å². The maximum absolute atomic E-state index is 11.8. The molecule has 5 nitrogen and oxygen atoms in total. The zero-order chi connectivity index (χ0) is 15.4. The summed E-state index contributed by atoms with van der Waals surface area (Å²) in [4.78, 5) is 16.9. The molecule has 0 spiro atoms. The van der Waals surface area contributed by atoms with Crippen LogP contribution < -0.4 is 10.1 Å². The number of ether oxygens (including phenoxy) is 2. The lowest BCUT2D eigenvalue weighted by Gasteiger charge is -2.09. The Labute approximate surface area is 127 Å². The van der Waals surface area contributed by atoms with Crippen LogP contribution in [0.5, 0.6) is 5.75 Å². The van der Waals surface area contributed by atoms with Crippen LogP contribution in [-0.2, 0) is 4.74 Å². The summed E-state index contributed by atoms with van der Waals surface area (Å²) in [5.74, 6) is 0.335. The molecule has 1 aromatic heterocycles. The minimum absolute atomic E-state index is 0.338. The standard InChI is InChI=1S/C15H18N2O3S/c1-5-20-14(18)13-10(3)21-15(17-13)16-11-8-9(2)6-7-12(11)19-4/h6-8H,5H2,1-4H3,(H,16,17). The molecule has 2 aromatic rings. The van der Waals surface area contributed by atoms with E-state index in [-0.39, 0.29) is 0 Å². The van der Waals surface area contributed by atoms with Crippen LogP contribution in [0.1, 0.15) is 27.9 Å². The first kappa shape index (κ1) is 15.3. The van der Waals surface area contributed by atoms with Crippen LogP contribution in [0.25, 0.3) is 0 Å². The molecule has 1 heterocycles. The van der Waals surface area contributed by atoms with E-state index in [2.05, 4.69) is 10.3 Å². The Bertz CT molecular complexity index is 652. The Hall–Kier alpha value is -2.08. The lowest BCUT2D eigenvalue weighted by molar-refractivity contribution is 0.0519. The Morgan fingerprint density at radius 1 is 1.38 bits per heavy atom. The fraction of sp³-hybridized carbons (Fsp3) is 0.333. The van der Waals surface area contributed by atoms with Gasteiger partial charge in [0.05, 0.1) is 19.4 Å². The molecule has 21 heavy (non-hydrogen) atoms. The third-order valence-electron chi connectivity index (χ3n) is 2.86. The van der Waals surface area contributed by atoms with Crippen LogP contribution in [0, 0.1) is 13.8 Å². The third-order valence-corrected chi connectivity index (χ3v) is 3.75. The Morgan fingerprint density at radius 3 is 2.81 bits per heavy atom. The molecule has 0 fully saturated rings. The van der Waals surface area contributed by atoms with Crippen LogP contribution >= 0.6 is 11.3 Å². The van der Waals surface area contributed by atoms with Gasteiger partial charge in [0.2, 0.25) is 0 Å². The average Bonchev–Trinajstić information content (AvgIpc) is 2.80. The Balaban J connectivity index is 2.26. The first-order valence-electron chi connectivity index (χ1n) is 6.61. The van der Waals surface area contributed by atoms with Crippen molar-refractivity contribution in [3.63, 3.8) is 0 Å². The maximum Gasteiger partial charge on any atom is 0.358 e. The first-order valence-corrected chi connectivity index (χ1v) is 7.43. The molecule has 0 bridgehead atoms. The van der Waals surface area contributed by atoms with Gasteiger partial charge < -0.3 is 14.8 Å². The zero-order valence-electron chi connectivity index (χ0n) is 12.5. The molecular formula is C15H18N2O3S.